The molecule has 3 aromatic rings. The maximum atomic E-state index is 13.4. The molecule has 0 unspecified atom stereocenters. The van der Waals surface area contributed by atoms with Crippen LogP contribution in [0.15, 0.2) is 52.9 Å². The van der Waals surface area contributed by atoms with Crippen LogP contribution >= 0.6 is 0 Å². The summed E-state index contributed by atoms with van der Waals surface area (Å²) in [6.45, 7) is 5.09. The number of ether oxygens (including phenoxy) is 1. The molecule has 28 heavy (non-hydrogen) atoms. The van der Waals surface area contributed by atoms with E-state index in [0.29, 0.717) is 29.9 Å². The first-order chi connectivity index (χ1) is 13.7. The van der Waals surface area contributed by atoms with Gasteiger partial charge < -0.3 is 19.4 Å². The van der Waals surface area contributed by atoms with Crippen LogP contribution in [0, 0.1) is 12.8 Å². The lowest BCUT2D eigenvalue weighted by Crippen LogP contribution is -2.39. The van der Waals surface area contributed by atoms with Gasteiger partial charge >= 0.3 is 0 Å². The second kappa shape index (κ2) is 6.99. The molecule has 0 aliphatic carbocycles. The molecule has 2 aliphatic rings. The van der Waals surface area contributed by atoms with E-state index in [4.69, 9.17) is 9.15 Å². The average Bonchev–Trinajstić information content (AvgIpc) is 3.40. The molecule has 5 nitrogen and oxygen atoms in total. The van der Waals surface area contributed by atoms with Crippen molar-refractivity contribution in [3.8, 4) is 5.75 Å². The average molecular weight is 376 g/mol. The molecule has 1 aromatic heterocycles. The zero-order chi connectivity index (χ0) is 19.1. The highest BCUT2D eigenvalue weighted by atomic mass is 16.5. The van der Waals surface area contributed by atoms with Gasteiger partial charge in [0.15, 0.2) is 0 Å². The SMILES string of the molecule is Cc1oc2ccc(OCc3ccccc3)cc2c1C(=O)N1CC[C@@H]2CNC[C@@H]21. The summed E-state index contributed by atoms with van der Waals surface area (Å²) in [7, 11) is 0. The van der Waals surface area contributed by atoms with Crippen LogP contribution in [0.1, 0.15) is 28.1 Å². The second-order valence-electron chi connectivity index (χ2n) is 7.74. The molecule has 2 fully saturated rings. The number of carbonyl (C=O) groups is 1. The van der Waals surface area contributed by atoms with Gasteiger partial charge in [0.05, 0.1) is 5.56 Å². The molecule has 0 spiro atoms. The van der Waals surface area contributed by atoms with Gasteiger partial charge in [0.1, 0.15) is 23.7 Å². The third kappa shape index (κ3) is 2.96. The maximum Gasteiger partial charge on any atom is 0.258 e. The minimum Gasteiger partial charge on any atom is -0.489 e. The van der Waals surface area contributed by atoms with E-state index in [1.165, 1.54) is 0 Å². The van der Waals surface area contributed by atoms with E-state index in [1.54, 1.807) is 0 Å². The number of hydrogen-bond donors (Lipinski definition) is 1. The Morgan fingerprint density at radius 3 is 2.93 bits per heavy atom. The Bertz CT molecular complexity index is 1010. The van der Waals surface area contributed by atoms with Crippen molar-refractivity contribution in [3.05, 3.63) is 65.4 Å². The van der Waals surface area contributed by atoms with Crippen molar-refractivity contribution in [3.63, 3.8) is 0 Å². The van der Waals surface area contributed by atoms with Crippen LogP contribution in [0.4, 0.5) is 0 Å². The molecule has 5 heteroatoms. The molecule has 144 valence electrons. The normalized spacial score (nSPS) is 21.2. The number of hydrogen-bond acceptors (Lipinski definition) is 4. The minimum atomic E-state index is 0.0765. The van der Waals surface area contributed by atoms with Crippen LogP contribution < -0.4 is 10.1 Å². The van der Waals surface area contributed by atoms with Crippen molar-refractivity contribution in [2.45, 2.75) is 26.0 Å². The lowest BCUT2D eigenvalue weighted by atomic mass is 10.0. The molecule has 2 aromatic carbocycles. The van der Waals surface area contributed by atoms with Gasteiger partial charge in [-0.25, -0.2) is 0 Å². The first-order valence-corrected chi connectivity index (χ1v) is 9.92. The second-order valence-corrected chi connectivity index (χ2v) is 7.74. The van der Waals surface area contributed by atoms with Gasteiger partial charge in [-0.15, -0.1) is 0 Å². The molecule has 0 bridgehead atoms. The van der Waals surface area contributed by atoms with E-state index >= 15 is 0 Å². The number of amides is 1. The summed E-state index contributed by atoms with van der Waals surface area (Å²) in [6.07, 6.45) is 1.07. The third-order valence-electron chi connectivity index (χ3n) is 6.00. The van der Waals surface area contributed by atoms with Crippen LogP contribution in [0.3, 0.4) is 0 Å². The number of benzene rings is 2. The Morgan fingerprint density at radius 2 is 2.07 bits per heavy atom. The standard InChI is InChI=1S/C23H24N2O3/c1-15-22(23(26)25-10-9-17-12-24-13-20(17)25)19-11-18(7-8-21(19)28-15)27-14-16-5-3-2-4-6-16/h2-8,11,17,20,24H,9-10,12-14H2,1H3/t17-,20+/m1/s1. The molecular weight excluding hydrogens is 352 g/mol. The maximum absolute atomic E-state index is 13.4. The Kier molecular flexibility index (Phi) is 4.32. The fourth-order valence-corrected chi connectivity index (χ4v) is 4.54. The van der Waals surface area contributed by atoms with Gasteiger partial charge in [-0.3, -0.25) is 4.79 Å². The Labute approximate surface area is 164 Å². The van der Waals surface area contributed by atoms with Gasteiger partial charge in [-0.05, 0) is 43.0 Å². The number of rotatable bonds is 4. The van der Waals surface area contributed by atoms with Gasteiger partial charge in [-0.2, -0.15) is 0 Å². The number of likely N-dealkylation sites (tertiary alicyclic amines) is 1. The fraction of sp³-hybridized carbons (Fsp3) is 0.348. The van der Waals surface area contributed by atoms with Crippen LogP contribution in [0.5, 0.6) is 5.75 Å². The van der Waals surface area contributed by atoms with Gasteiger partial charge in [0, 0.05) is 31.1 Å². The highest BCUT2D eigenvalue weighted by molar-refractivity contribution is 6.07. The van der Waals surface area contributed by atoms with E-state index < -0.39 is 0 Å². The molecule has 2 aliphatic heterocycles. The van der Waals surface area contributed by atoms with Crippen molar-refractivity contribution in [1.29, 1.82) is 0 Å². The summed E-state index contributed by atoms with van der Waals surface area (Å²) < 4.78 is 11.9. The summed E-state index contributed by atoms with van der Waals surface area (Å²) in [6, 6.07) is 16.1. The lowest BCUT2D eigenvalue weighted by molar-refractivity contribution is 0.0737. The van der Waals surface area contributed by atoms with Crippen molar-refractivity contribution in [1.82, 2.24) is 10.2 Å². The zero-order valence-corrected chi connectivity index (χ0v) is 16.0. The predicted octanol–water partition coefficient (Wildman–Crippen LogP) is 3.75. The summed E-state index contributed by atoms with van der Waals surface area (Å²) in [5.74, 6) is 2.07. The summed E-state index contributed by atoms with van der Waals surface area (Å²) in [4.78, 5) is 15.4. The van der Waals surface area contributed by atoms with E-state index in [-0.39, 0.29) is 5.91 Å². The molecule has 0 saturated carbocycles. The van der Waals surface area contributed by atoms with Crippen molar-refractivity contribution < 1.29 is 13.9 Å². The topological polar surface area (TPSA) is 54.7 Å². The van der Waals surface area contributed by atoms with E-state index in [9.17, 15) is 4.79 Å². The van der Waals surface area contributed by atoms with Crippen LogP contribution in [0.2, 0.25) is 0 Å². The lowest BCUT2D eigenvalue weighted by Gasteiger charge is -2.23. The molecule has 0 radical (unpaired) electrons. The number of carbonyl (C=O) groups excluding carboxylic acids is 1. The smallest absolute Gasteiger partial charge is 0.258 e. The number of fused-ring (bicyclic) bond motifs is 2. The highest BCUT2D eigenvalue weighted by Gasteiger charge is 2.41. The quantitative estimate of drug-likeness (QED) is 0.753. The first-order valence-electron chi connectivity index (χ1n) is 9.92. The zero-order valence-electron chi connectivity index (χ0n) is 16.0. The van der Waals surface area contributed by atoms with Crippen LogP contribution in [-0.2, 0) is 6.61 Å². The molecule has 2 saturated heterocycles. The Hall–Kier alpha value is -2.79. The van der Waals surface area contributed by atoms with Gasteiger partial charge in [0.25, 0.3) is 5.91 Å². The largest absolute Gasteiger partial charge is 0.489 e. The molecule has 1 amide bonds. The molecule has 3 heterocycles. The third-order valence-corrected chi connectivity index (χ3v) is 6.00. The van der Waals surface area contributed by atoms with Crippen molar-refractivity contribution in [2.24, 2.45) is 5.92 Å². The van der Waals surface area contributed by atoms with Crippen LogP contribution in [0.25, 0.3) is 11.0 Å². The van der Waals surface area contributed by atoms with E-state index in [0.717, 1.165) is 48.3 Å². The number of aryl methyl sites for hydroxylation is 1. The van der Waals surface area contributed by atoms with E-state index in [1.807, 2.05) is 60.4 Å². The Balaban J connectivity index is 1.43. The molecule has 5 rings (SSSR count). The Morgan fingerprint density at radius 1 is 1.21 bits per heavy atom. The first kappa shape index (κ1) is 17.3. The number of nitrogens with one attached hydrogen (secondary N) is 1. The van der Waals surface area contributed by atoms with Crippen molar-refractivity contribution >= 4 is 16.9 Å². The fourth-order valence-electron chi connectivity index (χ4n) is 4.54. The number of nitrogens with zero attached hydrogens (tertiary/aromatic N) is 1. The summed E-state index contributed by atoms with van der Waals surface area (Å²) in [5.41, 5.74) is 2.51. The number of furan rings is 1. The monoisotopic (exact) mass is 376 g/mol. The van der Waals surface area contributed by atoms with Crippen molar-refractivity contribution in [2.75, 3.05) is 19.6 Å². The molecule has 2 atom stereocenters. The minimum absolute atomic E-state index is 0.0765. The summed E-state index contributed by atoms with van der Waals surface area (Å²) in [5, 5.41) is 4.25. The summed E-state index contributed by atoms with van der Waals surface area (Å²) >= 11 is 0. The highest BCUT2D eigenvalue weighted by Crippen LogP contribution is 2.34. The molecule has 1 N–H and O–H groups in total. The van der Waals surface area contributed by atoms with E-state index in [2.05, 4.69) is 5.32 Å². The predicted molar refractivity (Wildman–Crippen MR) is 108 cm³/mol. The van der Waals surface area contributed by atoms with Gasteiger partial charge in [-0.1, -0.05) is 30.3 Å². The van der Waals surface area contributed by atoms with Crippen LogP contribution in [-0.4, -0.2) is 36.5 Å². The molecular formula is C23H24N2O3. The van der Waals surface area contributed by atoms with Gasteiger partial charge in [0.2, 0.25) is 0 Å².